The molecule has 0 saturated carbocycles. The maximum Gasteiger partial charge on any atom is 0.286 e. The molecule has 8 heteroatoms. The van der Waals surface area contributed by atoms with Crippen LogP contribution in [0.5, 0.6) is 0 Å². The molecular weight excluding hydrogens is 293 g/mol. The highest BCUT2D eigenvalue weighted by Crippen LogP contribution is 2.14. The van der Waals surface area contributed by atoms with Crippen molar-refractivity contribution >= 4 is 11.6 Å². The van der Waals surface area contributed by atoms with E-state index in [1.807, 2.05) is 0 Å². The van der Waals surface area contributed by atoms with E-state index in [1.54, 1.807) is 6.92 Å². The highest BCUT2D eigenvalue weighted by molar-refractivity contribution is 5.94. The molecule has 1 heterocycles. The summed E-state index contributed by atoms with van der Waals surface area (Å²) in [5.41, 5.74) is -0.839. The molecule has 1 atom stereocenters. The van der Waals surface area contributed by atoms with Gasteiger partial charge in [0.25, 0.3) is 17.2 Å². The van der Waals surface area contributed by atoms with Gasteiger partial charge in [0.15, 0.2) is 0 Å². The molecule has 1 amide bonds. The highest BCUT2D eigenvalue weighted by atomic mass is 19.1. The van der Waals surface area contributed by atoms with Crippen LogP contribution in [0.25, 0.3) is 0 Å². The maximum atomic E-state index is 12.9. The van der Waals surface area contributed by atoms with Gasteiger partial charge < -0.3 is 10.3 Å². The zero-order valence-corrected chi connectivity index (χ0v) is 11.5. The van der Waals surface area contributed by atoms with E-state index < -0.39 is 28.2 Å². The fourth-order valence-electron chi connectivity index (χ4n) is 1.86. The van der Waals surface area contributed by atoms with Gasteiger partial charge in [-0.05, 0) is 24.6 Å². The molecule has 2 aromatic rings. The second kappa shape index (κ2) is 6.17. The molecule has 7 nitrogen and oxygen atoms in total. The van der Waals surface area contributed by atoms with Gasteiger partial charge in [-0.2, -0.15) is 0 Å². The Hall–Kier alpha value is -3.03. The van der Waals surface area contributed by atoms with E-state index in [0.717, 1.165) is 12.3 Å². The topological polar surface area (TPSA) is 105 Å². The van der Waals surface area contributed by atoms with Crippen molar-refractivity contribution in [3.63, 3.8) is 0 Å². The van der Waals surface area contributed by atoms with Crippen LogP contribution in [0.3, 0.4) is 0 Å². The first kappa shape index (κ1) is 15.4. The summed E-state index contributed by atoms with van der Waals surface area (Å²) in [6.45, 7) is 1.65. The van der Waals surface area contributed by atoms with Gasteiger partial charge in [-0.3, -0.25) is 19.7 Å². The van der Waals surface area contributed by atoms with Crippen molar-refractivity contribution in [1.82, 2.24) is 10.3 Å². The predicted octanol–water partition coefficient (Wildman–Crippen LogP) is 1.91. The Morgan fingerprint density at radius 1 is 1.36 bits per heavy atom. The third kappa shape index (κ3) is 3.35. The summed E-state index contributed by atoms with van der Waals surface area (Å²) in [4.78, 5) is 35.8. The molecule has 0 saturated heterocycles. The number of nitrogens with zero attached hydrogens (tertiary/aromatic N) is 1. The number of nitrogens with one attached hydrogen (secondary N) is 2. The summed E-state index contributed by atoms with van der Waals surface area (Å²) >= 11 is 0. The number of hydrogen-bond acceptors (Lipinski definition) is 4. The molecule has 0 aliphatic heterocycles. The number of hydrogen-bond donors (Lipinski definition) is 2. The van der Waals surface area contributed by atoms with Crippen molar-refractivity contribution in [3.05, 3.63) is 73.9 Å². The molecule has 0 radical (unpaired) electrons. The van der Waals surface area contributed by atoms with E-state index in [0.29, 0.717) is 5.56 Å². The van der Waals surface area contributed by atoms with Crippen molar-refractivity contribution < 1.29 is 14.1 Å². The Bertz CT molecular complexity index is 770. The number of benzene rings is 1. The van der Waals surface area contributed by atoms with Crippen LogP contribution in [0.1, 0.15) is 28.9 Å². The number of aromatic amines is 1. The van der Waals surface area contributed by atoms with Crippen LogP contribution in [0.15, 0.2) is 41.3 Å². The lowest BCUT2D eigenvalue weighted by atomic mass is 10.1. The number of amides is 1. The van der Waals surface area contributed by atoms with Gasteiger partial charge in [0.05, 0.1) is 17.2 Å². The Morgan fingerprint density at radius 3 is 2.59 bits per heavy atom. The molecule has 1 aromatic carbocycles. The summed E-state index contributed by atoms with van der Waals surface area (Å²) < 4.78 is 12.9. The number of pyridine rings is 1. The van der Waals surface area contributed by atoms with Gasteiger partial charge in [0.2, 0.25) is 0 Å². The minimum atomic E-state index is -0.748. The number of carbonyl (C=O) groups excluding carboxylic acids is 1. The average molecular weight is 305 g/mol. The first-order valence-corrected chi connectivity index (χ1v) is 6.32. The van der Waals surface area contributed by atoms with Gasteiger partial charge in [0.1, 0.15) is 11.4 Å². The molecule has 0 bridgehead atoms. The van der Waals surface area contributed by atoms with E-state index in [2.05, 4.69) is 10.3 Å². The second-order valence-corrected chi connectivity index (χ2v) is 4.60. The van der Waals surface area contributed by atoms with E-state index >= 15 is 0 Å². The number of H-pyrrole nitrogens is 1. The zero-order valence-electron chi connectivity index (χ0n) is 11.5. The van der Waals surface area contributed by atoms with Gasteiger partial charge in [-0.15, -0.1) is 0 Å². The smallest absolute Gasteiger partial charge is 0.286 e. The van der Waals surface area contributed by atoms with Crippen molar-refractivity contribution in [2.24, 2.45) is 0 Å². The molecular formula is C14H12FN3O4. The Labute approximate surface area is 123 Å². The second-order valence-electron chi connectivity index (χ2n) is 4.60. The molecule has 0 unspecified atom stereocenters. The number of aromatic nitrogens is 1. The summed E-state index contributed by atoms with van der Waals surface area (Å²) in [6, 6.07) is 5.91. The van der Waals surface area contributed by atoms with E-state index in [1.165, 1.54) is 24.3 Å². The maximum absolute atomic E-state index is 12.9. The minimum absolute atomic E-state index is 0.358. The van der Waals surface area contributed by atoms with Crippen molar-refractivity contribution in [1.29, 1.82) is 0 Å². The van der Waals surface area contributed by atoms with Gasteiger partial charge in [0, 0.05) is 6.07 Å². The summed E-state index contributed by atoms with van der Waals surface area (Å²) in [7, 11) is 0. The summed E-state index contributed by atoms with van der Waals surface area (Å²) in [5.74, 6) is -1.15. The van der Waals surface area contributed by atoms with Crippen LogP contribution in [-0.2, 0) is 0 Å². The predicted molar refractivity (Wildman–Crippen MR) is 76.0 cm³/mol. The first-order valence-electron chi connectivity index (χ1n) is 6.32. The SMILES string of the molecule is C[C@H](NC(=O)c1cc([N+](=O)[O-])c[nH]c1=O)c1ccc(F)cc1. The van der Waals surface area contributed by atoms with E-state index in [9.17, 15) is 24.1 Å². The van der Waals surface area contributed by atoms with Crippen LogP contribution in [0, 0.1) is 15.9 Å². The van der Waals surface area contributed by atoms with Crippen LogP contribution >= 0.6 is 0 Å². The van der Waals surface area contributed by atoms with Crippen LogP contribution in [-0.4, -0.2) is 15.8 Å². The normalized spacial score (nSPS) is 11.7. The molecule has 114 valence electrons. The molecule has 0 aliphatic rings. The molecule has 2 rings (SSSR count). The molecule has 1 aromatic heterocycles. The lowest BCUT2D eigenvalue weighted by Gasteiger charge is -2.14. The van der Waals surface area contributed by atoms with Crippen molar-refractivity contribution in [2.75, 3.05) is 0 Å². The lowest BCUT2D eigenvalue weighted by molar-refractivity contribution is -0.385. The van der Waals surface area contributed by atoms with Gasteiger partial charge in [-0.1, -0.05) is 12.1 Å². The largest absolute Gasteiger partial charge is 0.345 e. The Kier molecular flexibility index (Phi) is 4.31. The molecule has 22 heavy (non-hydrogen) atoms. The average Bonchev–Trinajstić information content (AvgIpc) is 2.47. The van der Waals surface area contributed by atoms with Crippen molar-refractivity contribution in [3.8, 4) is 0 Å². The third-order valence-electron chi connectivity index (χ3n) is 3.06. The fraction of sp³-hybridized carbons (Fsp3) is 0.143. The lowest BCUT2D eigenvalue weighted by Crippen LogP contribution is -2.31. The number of halogens is 1. The number of carbonyl (C=O) groups is 1. The van der Waals surface area contributed by atoms with Crippen LogP contribution in [0.4, 0.5) is 10.1 Å². The zero-order chi connectivity index (χ0) is 16.3. The van der Waals surface area contributed by atoms with E-state index in [-0.39, 0.29) is 11.3 Å². The minimum Gasteiger partial charge on any atom is -0.345 e. The molecule has 0 fully saturated rings. The molecule has 2 N–H and O–H groups in total. The van der Waals surface area contributed by atoms with E-state index in [4.69, 9.17) is 0 Å². The third-order valence-corrected chi connectivity index (χ3v) is 3.06. The number of rotatable bonds is 4. The monoisotopic (exact) mass is 305 g/mol. The first-order chi connectivity index (χ1) is 10.4. The Balaban J connectivity index is 2.21. The Morgan fingerprint density at radius 2 is 2.00 bits per heavy atom. The van der Waals surface area contributed by atoms with Gasteiger partial charge in [-0.25, -0.2) is 4.39 Å². The fourth-order valence-corrected chi connectivity index (χ4v) is 1.86. The highest BCUT2D eigenvalue weighted by Gasteiger charge is 2.18. The van der Waals surface area contributed by atoms with Crippen LogP contribution < -0.4 is 10.9 Å². The quantitative estimate of drug-likeness (QED) is 0.665. The molecule has 0 aliphatic carbocycles. The standard InChI is InChI=1S/C14H12FN3O4/c1-8(9-2-4-10(15)5-3-9)17-14(20)12-6-11(18(21)22)7-16-13(12)19/h2-8H,1H3,(H,16,19)(H,17,20)/t8-/m0/s1. The van der Waals surface area contributed by atoms with Crippen molar-refractivity contribution in [2.45, 2.75) is 13.0 Å². The summed E-state index contributed by atoms with van der Waals surface area (Å²) in [6.07, 6.45) is 0.919. The number of nitro groups is 1. The van der Waals surface area contributed by atoms with Gasteiger partial charge >= 0.3 is 0 Å². The summed E-state index contributed by atoms with van der Waals surface area (Å²) in [5, 5.41) is 13.2. The molecule has 0 spiro atoms. The van der Waals surface area contributed by atoms with Crippen LogP contribution in [0.2, 0.25) is 0 Å².